The molecule has 4 heteroatoms. The van der Waals surface area contributed by atoms with Gasteiger partial charge in [0.25, 0.3) is 0 Å². The van der Waals surface area contributed by atoms with Gasteiger partial charge >= 0.3 is 0 Å². The van der Waals surface area contributed by atoms with Gasteiger partial charge in [0.1, 0.15) is 12.4 Å². The summed E-state index contributed by atoms with van der Waals surface area (Å²) in [6.45, 7) is 2.18. The van der Waals surface area contributed by atoms with E-state index in [4.69, 9.17) is 9.47 Å². The molecule has 0 aliphatic carbocycles. The van der Waals surface area contributed by atoms with Gasteiger partial charge in [0.15, 0.2) is 0 Å². The molecule has 0 spiro atoms. The molecule has 98 valence electrons. The normalized spacial score (nSPS) is 16.9. The molecule has 3 rings (SSSR count). The lowest BCUT2D eigenvalue weighted by Crippen LogP contribution is -2.09. The van der Waals surface area contributed by atoms with Gasteiger partial charge in [-0.1, -0.05) is 36.4 Å². The monoisotopic (exact) mass is 256 g/mol. The second kappa shape index (κ2) is 5.71. The molecular formula is C15H16N2O2. The molecular weight excluding hydrogens is 240 g/mol. The highest BCUT2D eigenvalue weighted by atomic mass is 16.6. The van der Waals surface area contributed by atoms with E-state index in [0.717, 1.165) is 24.5 Å². The van der Waals surface area contributed by atoms with Crippen LogP contribution in [0.4, 0.5) is 5.82 Å². The predicted octanol–water partition coefficient (Wildman–Crippen LogP) is 2.47. The van der Waals surface area contributed by atoms with Gasteiger partial charge in [0, 0.05) is 12.6 Å². The SMILES string of the molecule is c1ccc(COc2cccc(NCC3CO3)n2)cc1. The van der Waals surface area contributed by atoms with Crippen molar-refractivity contribution in [3.63, 3.8) is 0 Å². The molecule has 4 nitrogen and oxygen atoms in total. The molecule has 1 aromatic carbocycles. The van der Waals surface area contributed by atoms with Gasteiger partial charge in [0.2, 0.25) is 5.88 Å². The summed E-state index contributed by atoms with van der Waals surface area (Å²) in [5, 5.41) is 3.23. The average Bonchev–Trinajstić information content (AvgIpc) is 3.29. The van der Waals surface area contributed by atoms with Crippen molar-refractivity contribution in [1.29, 1.82) is 0 Å². The standard InChI is InChI=1S/C15H16N2O2/c1-2-5-12(6-3-1)10-19-15-8-4-7-14(17-15)16-9-13-11-18-13/h1-8,13H,9-11H2,(H,16,17). The molecule has 1 unspecified atom stereocenters. The predicted molar refractivity (Wildman–Crippen MR) is 73.2 cm³/mol. The number of rotatable bonds is 6. The molecule has 0 saturated carbocycles. The maximum absolute atomic E-state index is 5.67. The van der Waals surface area contributed by atoms with E-state index in [1.54, 1.807) is 0 Å². The first-order chi connectivity index (χ1) is 9.40. The summed E-state index contributed by atoms with van der Waals surface area (Å²) in [5.74, 6) is 1.45. The molecule has 1 aromatic heterocycles. The van der Waals surface area contributed by atoms with E-state index in [0.29, 0.717) is 18.6 Å². The highest BCUT2D eigenvalue weighted by Gasteiger charge is 2.21. The summed E-state index contributed by atoms with van der Waals surface area (Å²) in [6, 6.07) is 15.8. The van der Waals surface area contributed by atoms with Crippen molar-refractivity contribution < 1.29 is 9.47 Å². The van der Waals surface area contributed by atoms with E-state index < -0.39 is 0 Å². The lowest BCUT2D eigenvalue weighted by molar-refractivity contribution is 0.294. The largest absolute Gasteiger partial charge is 0.473 e. The maximum Gasteiger partial charge on any atom is 0.215 e. The Morgan fingerprint density at radius 3 is 2.79 bits per heavy atom. The summed E-state index contributed by atoms with van der Waals surface area (Å²) in [7, 11) is 0. The van der Waals surface area contributed by atoms with Crippen molar-refractivity contribution in [2.45, 2.75) is 12.7 Å². The van der Waals surface area contributed by atoms with Crippen molar-refractivity contribution >= 4 is 5.82 Å². The Balaban J connectivity index is 1.56. The first-order valence-corrected chi connectivity index (χ1v) is 6.39. The van der Waals surface area contributed by atoms with E-state index in [2.05, 4.69) is 10.3 Å². The van der Waals surface area contributed by atoms with Gasteiger partial charge in [-0.2, -0.15) is 4.98 Å². The summed E-state index contributed by atoms with van der Waals surface area (Å²) >= 11 is 0. The van der Waals surface area contributed by atoms with Crippen LogP contribution in [-0.2, 0) is 11.3 Å². The molecule has 1 N–H and O–H groups in total. The summed E-state index contributed by atoms with van der Waals surface area (Å²) in [4.78, 5) is 4.40. The average molecular weight is 256 g/mol. The van der Waals surface area contributed by atoms with Crippen LogP contribution in [0.3, 0.4) is 0 Å². The second-order valence-electron chi connectivity index (χ2n) is 4.47. The fourth-order valence-corrected chi connectivity index (χ4v) is 1.73. The smallest absolute Gasteiger partial charge is 0.215 e. The van der Waals surface area contributed by atoms with E-state index in [1.807, 2.05) is 48.5 Å². The molecule has 0 bridgehead atoms. The van der Waals surface area contributed by atoms with Crippen LogP contribution in [0.5, 0.6) is 5.88 Å². The van der Waals surface area contributed by atoms with Crippen molar-refractivity contribution in [3.05, 3.63) is 54.1 Å². The molecule has 1 aliphatic rings. The van der Waals surface area contributed by atoms with Gasteiger partial charge in [-0.3, -0.25) is 0 Å². The summed E-state index contributed by atoms with van der Waals surface area (Å²) < 4.78 is 10.8. The number of pyridine rings is 1. The van der Waals surface area contributed by atoms with E-state index >= 15 is 0 Å². The molecule has 19 heavy (non-hydrogen) atoms. The Hall–Kier alpha value is -2.07. The fourth-order valence-electron chi connectivity index (χ4n) is 1.73. The lowest BCUT2D eigenvalue weighted by atomic mass is 10.2. The van der Waals surface area contributed by atoms with Crippen LogP contribution in [0.2, 0.25) is 0 Å². The number of nitrogens with one attached hydrogen (secondary N) is 1. The number of hydrogen-bond acceptors (Lipinski definition) is 4. The van der Waals surface area contributed by atoms with Crippen LogP contribution in [-0.4, -0.2) is 24.2 Å². The van der Waals surface area contributed by atoms with E-state index in [9.17, 15) is 0 Å². The molecule has 0 amide bonds. The minimum absolute atomic E-state index is 0.343. The highest BCUT2D eigenvalue weighted by molar-refractivity contribution is 5.37. The minimum Gasteiger partial charge on any atom is -0.473 e. The highest BCUT2D eigenvalue weighted by Crippen LogP contribution is 2.15. The third-order valence-electron chi connectivity index (χ3n) is 2.87. The molecule has 2 aromatic rings. The first kappa shape index (κ1) is 12.0. The third kappa shape index (κ3) is 3.69. The Kier molecular flexibility index (Phi) is 3.61. The van der Waals surface area contributed by atoms with Gasteiger partial charge in [-0.25, -0.2) is 0 Å². The maximum atomic E-state index is 5.67. The van der Waals surface area contributed by atoms with E-state index in [-0.39, 0.29) is 0 Å². The Morgan fingerprint density at radius 1 is 1.16 bits per heavy atom. The summed E-state index contributed by atoms with van der Waals surface area (Å²) in [6.07, 6.45) is 0.343. The van der Waals surface area contributed by atoms with E-state index in [1.165, 1.54) is 0 Å². The van der Waals surface area contributed by atoms with Gasteiger partial charge < -0.3 is 14.8 Å². The van der Waals surface area contributed by atoms with Crippen LogP contribution in [0, 0.1) is 0 Å². The zero-order chi connectivity index (χ0) is 12.9. The van der Waals surface area contributed by atoms with Crippen LogP contribution in [0.1, 0.15) is 5.56 Å². The van der Waals surface area contributed by atoms with Crippen LogP contribution in [0.15, 0.2) is 48.5 Å². The Bertz CT molecular complexity index is 527. The lowest BCUT2D eigenvalue weighted by Gasteiger charge is -2.08. The number of ether oxygens (including phenoxy) is 2. The first-order valence-electron chi connectivity index (χ1n) is 6.39. The second-order valence-corrected chi connectivity index (χ2v) is 4.47. The molecule has 1 atom stereocenters. The molecule has 1 saturated heterocycles. The summed E-state index contributed by atoms with van der Waals surface area (Å²) in [5.41, 5.74) is 1.13. The topological polar surface area (TPSA) is 46.7 Å². The number of epoxide rings is 1. The Labute approximate surface area is 112 Å². The van der Waals surface area contributed by atoms with Crippen molar-refractivity contribution in [2.24, 2.45) is 0 Å². The number of aromatic nitrogens is 1. The number of benzene rings is 1. The van der Waals surface area contributed by atoms with Crippen molar-refractivity contribution in [2.75, 3.05) is 18.5 Å². The molecule has 1 aliphatic heterocycles. The van der Waals surface area contributed by atoms with Crippen molar-refractivity contribution in [1.82, 2.24) is 4.98 Å². The fraction of sp³-hybridized carbons (Fsp3) is 0.267. The number of nitrogens with zero attached hydrogens (tertiary/aromatic N) is 1. The van der Waals surface area contributed by atoms with Crippen LogP contribution < -0.4 is 10.1 Å². The number of anilines is 1. The molecule has 2 heterocycles. The zero-order valence-corrected chi connectivity index (χ0v) is 10.6. The van der Waals surface area contributed by atoms with Gasteiger partial charge in [-0.05, 0) is 11.6 Å². The number of hydrogen-bond donors (Lipinski definition) is 1. The minimum atomic E-state index is 0.343. The molecule has 1 fully saturated rings. The Morgan fingerprint density at radius 2 is 2.00 bits per heavy atom. The van der Waals surface area contributed by atoms with Crippen LogP contribution in [0.25, 0.3) is 0 Å². The molecule has 0 radical (unpaired) electrons. The van der Waals surface area contributed by atoms with Gasteiger partial charge in [0.05, 0.1) is 12.7 Å². The quantitative estimate of drug-likeness (QED) is 0.806. The van der Waals surface area contributed by atoms with Crippen LogP contribution >= 0.6 is 0 Å². The zero-order valence-electron chi connectivity index (χ0n) is 10.6. The third-order valence-corrected chi connectivity index (χ3v) is 2.87. The van der Waals surface area contributed by atoms with Gasteiger partial charge in [-0.15, -0.1) is 0 Å². The van der Waals surface area contributed by atoms with Crippen molar-refractivity contribution in [3.8, 4) is 5.88 Å².